The lowest BCUT2D eigenvalue weighted by Crippen LogP contribution is -2.36. The van der Waals surface area contributed by atoms with Gasteiger partial charge in [-0.25, -0.2) is 0 Å². The Labute approximate surface area is 190 Å². The number of benzene rings is 2. The van der Waals surface area contributed by atoms with Gasteiger partial charge in [0.05, 0.1) is 13.7 Å². The molecule has 1 heterocycles. The van der Waals surface area contributed by atoms with Gasteiger partial charge in [-0.1, -0.05) is 42.5 Å². The Morgan fingerprint density at radius 2 is 1.88 bits per heavy atom. The Balaban J connectivity index is 1.46. The smallest absolute Gasteiger partial charge is 0.274 e. The first-order chi connectivity index (χ1) is 15.5. The van der Waals surface area contributed by atoms with Crippen LogP contribution in [-0.4, -0.2) is 54.4 Å². The van der Waals surface area contributed by atoms with E-state index in [0.29, 0.717) is 18.3 Å². The topological polar surface area (TPSA) is 59.4 Å². The molecular weight excluding hydrogens is 400 g/mol. The maximum absolute atomic E-state index is 12.9. The predicted molar refractivity (Wildman–Crippen MR) is 126 cm³/mol. The minimum absolute atomic E-state index is 0.0213. The Hall–Kier alpha value is -3.12. The van der Waals surface area contributed by atoms with Crippen molar-refractivity contribution in [3.63, 3.8) is 0 Å². The maximum atomic E-state index is 12.9. The van der Waals surface area contributed by atoms with Crippen LogP contribution >= 0.6 is 0 Å². The van der Waals surface area contributed by atoms with Crippen LogP contribution in [-0.2, 0) is 25.8 Å². The average Bonchev–Trinajstić information content (AvgIpc) is 3.17. The molecule has 0 saturated carbocycles. The summed E-state index contributed by atoms with van der Waals surface area (Å²) in [6.07, 6.45) is 3.77. The number of carbonyl (C=O) groups is 1. The minimum Gasteiger partial charge on any atom is -0.497 e. The van der Waals surface area contributed by atoms with Crippen LogP contribution in [0, 0.1) is 0 Å². The number of carbonyl (C=O) groups excluding carboxylic acids is 1. The van der Waals surface area contributed by atoms with E-state index in [1.807, 2.05) is 35.0 Å². The lowest BCUT2D eigenvalue weighted by Gasteiger charge is -2.25. The van der Waals surface area contributed by atoms with Crippen LogP contribution in [0.5, 0.6) is 5.75 Å². The van der Waals surface area contributed by atoms with Gasteiger partial charge in [0.1, 0.15) is 5.75 Å². The molecule has 0 bridgehead atoms. The normalized spacial score (nSPS) is 15.3. The highest BCUT2D eigenvalue weighted by Gasteiger charge is 2.29. The Kier molecular flexibility index (Phi) is 6.90. The number of amides is 1. The van der Waals surface area contributed by atoms with Crippen LogP contribution in [0.2, 0.25) is 0 Å². The summed E-state index contributed by atoms with van der Waals surface area (Å²) in [5.41, 5.74) is 5.39. The third-order valence-electron chi connectivity index (χ3n) is 6.14. The molecule has 0 spiro atoms. The van der Waals surface area contributed by atoms with E-state index in [0.717, 1.165) is 43.5 Å². The summed E-state index contributed by atoms with van der Waals surface area (Å²) in [7, 11) is 5.27. The van der Waals surface area contributed by atoms with Crippen LogP contribution in [0.3, 0.4) is 0 Å². The third kappa shape index (κ3) is 5.02. The lowest BCUT2D eigenvalue weighted by molar-refractivity contribution is 0.0820. The van der Waals surface area contributed by atoms with Crippen LogP contribution in [0.25, 0.3) is 0 Å². The van der Waals surface area contributed by atoms with Gasteiger partial charge in [-0.15, -0.1) is 0 Å². The summed E-state index contributed by atoms with van der Waals surface area (Å²) in [5.74, 6) is 0.860. The summed E-state index contributed by atoms with van der Waals surface area (Å²) in [6.45, 7) is 1.60. The molecule has 1 unspecified atom stereocenters. The van der Waals surface area contributed by atoms with Gasteiger partial charge in [-0.05, 0) is 55.5 Å². The second-order valence-electron chi connectivity index (χ2n) is 8.61. The molecule has 6 nitrogen and oxygen atoms in total. The molecule has 4 rings (SSSR count). The van der Waals surface area contributed by atoms with Crippen molar-refractivity contribution >= 4 is 5.91 Å². The molecule has 1 amide bonds. The van der Waals surface area contributed by atoms with Crippen molar-refractivity contribution in [2.45, 2.75) is 38.3 Å². The van der Waals surface area contributed by atoms with E-state index in [9.17, 15) is 4.79 Å². The number of ether oxygens (including phenoxy) is 1. The summed E-state index contributed by atoms with van der Waals surface area (Å²) in [5, 5.41) is 8.47. The van der Waals surface area contributed by atoms with E-state index in [1.54, 1.807) is 26.1 Å². The monoisotopic (exact) mass is 432 g/mol. The number of hydrogen-bond donors (Lipinski definition) is 1. The molecule has 1 aliphatic carbocycles. The van der Waals surface area contributed by atoms with Crippen molar-refractivity contribution in [3.05, 3.63) is 82.7 Å². The van der Waals surface area contributed by atoms with Gasteiger partial charge in [0.25, 0.3) is 5.91 Å². The van der Waals surface area contributed by atoms with E-state index < -0.39 is 0 Å². The number of hydrogen-bond acceptors (Lipinski definition) is 4. The zero-order chi connectivity index (χ0) is 22.5. The fraction of sp³-hybridized carbons (Fsp3) is 0.385. The second-order valence-corrected chi connectivity index (χ2v) is 8.61. The molecule has 2 aromatic carbocycles. The molecular formula is C26H32N4O2. The molecule has 32 heavy (non-hydrogen) atoms. The van der Waals surface area contributed by atoms with Gasteiger partial charge in [-0.2, -0.15) is 5.10 Å². The van der Waals surface area contributed by atoms with E-state index in [2.05, 4.69) is 29.6 Å². The van der Waals surface area contributed by atoms with Crippen LogP contribution in [0.4, 0.5) is 0 Å². The van der Waals surface area contributed by atoms with Gasteiger partial charge < -0.3 is 15.0 Å². The third-order valence-corrected chi connectivity index (χ3v) is 6.14. The first-order valence-corrected chi connectivity index (χ1v) is 11.3. The first-order valence-electron chi connectivity index (χ1n) is 11.3. The van der Waals surface area contributed by atoms with Gasteiger partial charge >= 0.3 is 0 Å². The van der Waals surface area contributed by atoms with E-state index >= 15 is 0 Å². The molecule has 1 aromatic heterocycles. The van der Waals surface area contributed by atoms with Gasteiger partial charge in [0, 0.05) is 31.4 Å². The van der Waals surface area contributed by atoms with Crippen molar-refractivity contribution in [2.24, 2.45) is 0 Å². The average molecular weight is 433 g/mol. The summed E-state index contributed by atoms with van der Waals surface area (Å²) < 4.78 is 7.27. The Bertz CT molecular complexity index is 1040. The lowest BCUT2D eigenvalue weighted by atomic mass is 9.91. The van der Waals surface area contributed by atoms with Crippen molar-refractivity contribution in [2.75, 3.05) is 27.7 Å². The zero-order valence-corrected chi connectivity index (χ0v) is 19.2. The molecule has 1 atom stereocenters. The largest absolute Gasteiger partial charge is 0.497 e. The maximum Gasteiger partial charge on any atom is 0.274 e. The molecule has 168 valence electrons. The van der Waals surface area contributed by atoms with Crippen LogP contribution in [0.1, 0.15) is 39.3 Å². The van der Waals surface area contributed by atoms with Gasteiger partial charge in [0.2, 0.25) is 0 Å². The molecule has 0 radical (unpaired) electrons. The van der Waals surface area contributed by atoms with E-state index in [-0.39, 0.29) is 5.91 Å². The number of rotatable bonds is 8. The molecule has 1 N–H and O–H groups in total. The SMILES string of the molecule is COc1ccc(CCNC2CCc3c(c(C(=O)N(C)C)nn3Cc3ccccc3)C2)cc1. The number of nitrogens with zero attached hydrogens (tertiary/aromatic N) is 3. The van der Waals surface area contributed by atoms with E-state index in [1.165, 1.54) is 16.8 Å². The second kappa shape index (κ2) is 10.0. The highest BCUT2D eigenvalue weighted by molar-refractivity contribution is 5.93. The molecule has 0 fully saturated rings. The minimum atomic E-state index is -0.0213. The van der Waals surface area contributed by atoms with Crippen molar-refractivity contribution < 1.29 is 9.53 Å². The molecule has 0 aliphatic heterocycles. The fourth-order valence-electron chi connectivity index (χ4n) is 4.35. The zero-order valence-electron chi connectivity index (χ0n) is 19.2. The number of methoxy groups -OCH3 is 1. The molecule has 0 saturated heterocycles. The summed E-state index contributed by atoms with van der Waals surface area (Å²) in [6, 6.07) is 18.9. The Morgan fingerprint density at radius 1 is 1.12 bits per heavy atom. The first kappa shape index (κ1) is 22.1. The van der Waals surface area contributed by atoms with Crippen LogP contribution < -0.4 is 10.1 Å². The fourth-order valence-corrected chi connectivity index (χ4v) is 4.35. The molecule has 6 heteroatoms. The quantitative estimate of drug-likeness (QED) is 0.593. The number of nitrogens with one attached hydrogen (secondary N) is 1. The molecule has 3 aromatic rings. The van der Waals surface area contributed by atoms with Crippen LogP contribution in [0.15, 0.2) is 54.6 Å². The van der Waals surface area contributed by atoms with Crippen molar-refractivity contribution in [3.8, 4) is 5.75 Å². The number of fused-ring (bicyclic) bond motifs is 1. The summed E-state index contributed by atoms with van der Waals surface area (Å²) >= 11 is 0. The predicted octanol–water partition coefficient (Wildman–Crippen LogP) is 3.33. The van der Waals surface area contributed by atoms with Crippen molar-refractivity contribution in [1.82, 2.24) is 20.0 Å². The standard InChI is InChI=1S/C26H32N4O2/c1-29(2)26(31)25-23-17-21(27-16-15-19-9-12-22(32-3)13-10-19)11-14-24(23)30(28-25)18-20-7-5-4-6-8-20/h4-10,12-13,21,27H,11,14-18H2,1-3H3. The van der Waals surface area contributed by atoms with E-state index in [4.69, 9.17) is 9.84 Å². The highest BCUT2D eigenvalue weighted by atomic mass is 16.5. The highest BCUT2D eigenvalue weighted by Crippen LogP contribution is 2.26. The van der Waals surface area contributed by atoms with Gasteiger partial charge in [-0.3, -0.25) is 9.48 Å². The summed E-state index contributed by atoms with van der Waals surface area (Å²) in [4.78, 5) is 14.5. The van der Waals surface area contributed by atoms with Gasteiger partial charge in [0.15, 0.2) is 5.69 Å². The van der Waals surface area contributed by atoms with Crippen molar-refractivity contribution in [1.29, 1.82) is 0 Å². The Morgan fingerprint density at radius 3 is 2.56 bits per heavy atom. The molecule has 1 aliphatic rings. The number of aromatic nitrogens is 2.